The van der Waals surface area contributed by atoms with Crippen LogP contribution < -0.4 is 10.6 Å². The van der Waals surface area contributed by atoms with Crippen molar-refractivity contribution in [3.8, 4) is 0 Å². The minimum absolute atomic E-state index is 0.148. The lowest BCUT2D eigenvalue weighted by Gasteiger charge is -2.29. The molecule has 1 aromatic rings. The lowest BCUT2D eigenvalue weighted by atomic mass is 9.87. The van der Waals surface area contributed by atoms with Gasteiger partial charge in [-0.3, -0.25) is 5.32 Å². The minimum atomic E-state index is -0.578. The van der Waals surface area contributed by atoms with Crippen molar-refractivity contribution in [2.45, 2.75) is 65.5 Å². The van der Waals surface area contributed by atoms with Gasteiger partial charge >= 0.3 is 6.09 Å². The number of rotatable bonds is 3. The van der Waals surface area contributed by atoms with E-state index in [1.54, 1.807) is 26.8 Å². The Hall–Kier alpha value is -1.78. The molecule has 1 aliphatic rings. The van der Waals surface area contributed by atoms with Gasteiger partial charge in [0.15, 0.2) is 0 Å². The van der Waals surface area contributed by atoms with Crippen molar-refractivity contribution in [3.63, 3.8) is 0 Å². The molecule has 128 valence electrons. The van der Waals surface area contributed by atoms with Gasteiger partial charge in [0, 0.05) is 6.04 Å². The first-order valence-corrected chi connectivity index (χ1v) is 8.13. The lowest BCUT2D eigenvalue weighted by molar-refractivity contribution is 0.0636. The molecule has 0 radical (unpaired) electrons. The average molecular weight is 322 g/mol. The van der Waals surface area contributed by atoms with Crippen LogP contribution in [0, 0.1) is 11.2 Å². The fraction of sp³-hybridized carbons (Fsp3) is 0.611. The Morgan fingerprint density at radius 1 is 1.30 bits per heavy atom. The van der Waals surface area contributed by atoms with Gasteiger partial charge in [-0.2, -0.15) is 0 Å². The van der Waals surface area contributed by atoms with E-state index in [-0.39, 0.29) is 17.3 Å². The van der Waals surface area contributed by atoms with Crippen LogP contribution in [0.5, 0.6) is 0 Å². The van der Waals surface area contributed by atoms with Crippen LogP contribution in [0.15, 0.2) is 18.2 Å². The smallest absolute Gasteiger partial charge is 0.412 e. The Labute approximate surface area is 137 Å². The molecule has 1 amide bonds. The van der Waals surface area contributed by atoms with Crippen molar-refractivity contribution >= 4 is 17.5 Å². The van der Waals surface area contributed by atoms with Gasteiger partial charge in [0.05, 0.1) is 11.4 Å². The van der Waals surface area contributed by atoms with E-state index in [2.05, 4.69) is 24.5 Å². The molecular formula is C18H27FN2O2. The summed E-state index contributed by atoms with van der Waals surface area (Å²) in [6.45, 7) is 9.82. The third-order valence-electron chi connectivity index (χ3n) is 4.20. The van der Waals surface area contributed by atoms with Crippen LogP contribution in [0.2, 0.25) is 0 Å². The first-order chi connectivity index (χ1) is 10.6. The number of nitrogens with one attached hydrogen (secondary N) is 2. The summed E-state index contributed by atoms with van der Waals surface area (Å²) in [5.74, 6) is -0.335. The van der Waals surface area contributed by atoms with Crippen molar-refractivity contribution in [2.75, 3.05) is 10.6 Å². The number of halogens is 1. The fourth-order valence-corrected chi connectivity index (χ4v) is 2.94. The summed E-state index contributed by atoms with van der Waals surface area (Å²) in [4.78, 5) is 12.0. The highest BCUT2D eigenvalue weighted by Crippen LogP contribution is 2.40. The molecule has 2 N–H and O–H groups in total. The van der Waals surface area contributed by atoms with E-state index in [0.717, 1.165) is 19.3 Å². The van der Waals surface area contributed by atoms with Crippen molar-refractivity contribution in [3.05, 3.63) is 24.0 Å². The van der Waals surface area contributed by atoms with Crippen LogP contribution in [-0.2, 0) is 4.74 Å². The Balaban J connectivity index is 2.16. The summed E-state index contributed by atoms with van der Waals surface area (Å²) < 4.78 is 18.9. The molecule has 0 aliphatic heterocycles. The first-order valence-electron chi connectivity index (χ1n) is 8.13. The maximum Gasteiger partial charge on any atom is 0.412 e. The molecule has 1 saturated carbocycles. The van der Waals surface area contributed by atoms with Gasteiger partial charge < -0.3 is 10.1 Å². The quantitative estimate of drug-likeness (QED) is 0.808. The molecule has 0 heterocycles. The number of ether oxygens (including phenoxy) is 1. The van der Waals surface area contributed by atoms with Gasteiger partial charge in [-0.15, -0.1) is 0 Å². The molecule has 5 heteroatoms. The standard InChI is InChI=1S/C18H27FN2O2/c1-17(2,3)23-16(22)21-13-9-8-12(19)11-14(13)20-15-7-6-10-18(15,4)5/h8-9,11,15,20H,6-7,10H2,1-5H3,(H,21,22). The lowest BCUT2D eigenvalue weighted by Crippen LogP contribution is -2.32. The number of anilines is 2. The highest BCUT2D eigenvalue weighted by molar-refractivity contribution is 5.89. The van der Waals surface area contributed by atoms with E-state index in [0.29, 0.717) is 11.4 Å². The number of carbonyl (C=O) groups is 1. The highest BCUT2D eigenvalue weighted by atomic mass is 19.1. The van der Waals surface area contributed by atoms with Gasteiger partial charge in [0.25, 0.3) is 0 Å². The molecule has 23 heavy (non-hydrogen) atoms. The summed E-state index contributed by atoms with van der Waals surface area (Å²) in [5, 5.41) is 6.10. The molecule has 4 nitrogen and oxygen atoms in total. The number of hydrogen-bond donors (Lipinski definition) is 2. The third kappa shape index (κ3) is 4.85. The second-order valence-electron chi connectivity index (χ2n) is 7.89. The van der Waals surface area contributed by atoms with Crippen LogP contribution in [0.25, 0.3) is 0 Å². The third-order valence-corrected chi connectivity index (χ3v) is 4.20. The van der Waals surface area contributed by atoms with E-state index < -0.39 is 11.7 Å². The van der Waals surface area contributed by atoms with Gasteiger partial charge in [-0.25, -0.2) is 9.18 Å². The maximum atomic E-state index is 13.6. The van der Waals surface area contributed by atoms with Crippen LogP contribution in [0.3, 0.4) is 0 Å². The molecular weight excluding hydrogens is 295 g/mol. The van der Waals surface area contributed by atoms with Crippen molar-refractivity contribution in [1.82, 2.24) is 0 Å². The molecule has 1 atom stereocenters. The molecule has 1 aliphatic carbocycles. The summed E-state index contributed by atoms with van der Waals surface area (Å²) in [6, 6.07) is 4.56. The van der Waals surface area contributed by atoms with Gasteiger partial charge in [-0.05, 0) is 57.2 Å². The Bertz CT molecular complexity index is 579. The number of carbonyl (C=O) groups excluding carboxylic acids is 1. The molecule has 1 fully saturated rings. The number of hydrogen-bond acceptors (Lipinski definition) is 3. The van der Waals surface area contributed by atoms with E-state index in [4.69, 9.17) is 4.74 Å². The van der Waals surface area contributed by atoms with E-state index in [9.17, 15) is 9.18 Å². The molecule has 0 spiro atoms. The number of amides is 1. The van der Waals surface area contributed by atoms with Gasteiger partial charge in [-0.1, -0.05) is 20.3 Å². The minimum Gasteiger partial charge on any atom is -0.444 e. The SMILES string of the molecule is CC(C)(C)OC(=O)Nc1ccc(F)cc1NC1CCCC1(C)C. The van der Waals surface area contributed by atoms with E-state index in [1.807, 2.05) is 0 Å². The predicted molar refractivity (Wildman–Crippen MR) is 91.3 cm³/mol. The van der Waals surface area contributed by atoms with Crippen molar-refractivity contribution in [1.29, 1.82) is 0 Å². The average Bonchev–Trinajstić information content (AvgIpc) is 2.70. The fourth-order valence-electron chi connectivity index (χ4n) is 2.94. The summed E-state index contributed by atoms with van der Waals surface area (Å²) >= 11 is 0. The predicted octanol–water partition coefficient (Wildman–Crippen LogP) is 5.16. The maximum absolute atomic E-state index is 13.6. The van der Waals surface area contributed by atoms with Crippen molar-refractivity contribution in [2.24, 2.45) is 5.41 Å². The number of benzene rings is 1. The van der Waals surface area contributed by atoms with Crippen LogP contribution in [-0.4, -0.2) is 17.7 Å². The van der Waals surface area contributed by atoms with Crippen LogP contribution in [0.4, 0.5) is 20.6 Å². The van der Waals surface area contributed by atoms with Gasteiger partial charge in [0.1, 0.15) is 11.4 Å². The molecule has 0 aromatic heterocycles. The normalized spacial score (nSPS) is 20.2. The molecule has 1 aromatic carbocycles. The zero-order chi connectivity index (χ0) is 17.3. The Morgan fingerprint density at radius 2 is 2.00 bits per heavy atom. The van der Waals surface area contributed by atoms with Crippen LogP contribution >= 0.6 is 0 Å². The monoisotopic (exact) mass is 322 g/mol. The van der Waals surface area contributed by atoms with E-state index in [1.165, 1.54) is 12.1 Å². The largest absolute Gasteiger partial charge is 0.444 e. The Kier molecular flexibility index (Phi) is 4.87. The molecule has 2 rings (SSSR count). The summed E-state index contributed by atoms with van der Waals surface area (Å²) in [6.07, 6.45) is 2.77. The first kappa shape index (κ1) is 17.6. The molecule has 0 bridgehead atoms. The second-order valence-corrected chi connectivity index (χ2v) is 7.89. The molecule has 0 saturated heterocycles. The zero-order valence-electron chi connectivity index (χ0n) is 14.6. The second kappa shape index (κ2) is 6.38. The van der Waals surface area contributed by atoms with E-state index >= 15 is 0 Å². The van der Waals surface area contributed by atoms with Crippen LogP contribution in [0.1, 0.15) is 53.9 Å². The summed E-state index contributed by atoms with van der Waals surface area (Å²) in [7, 11) is 0. The summed E-state index contributed by atoms with van der Waals surface area (Å²) in [5.41, 5.74) is 0.694. The zero-order valence-corrected chi connectivity index (χ0v) is 14.6. The Morgan fingerprint density at radius 3 is 2.57 bits per heavy atom. The van der Waals surface area contributed by atoms with Gasteiger partial charge in [0.2, 0.25) is 0 Å². The highest BCUT2D eigenvalue weighted by Gasteiger charge is 2.34. The topological polar surface area (TPSA) is 50.4 Å². The molecule has 1 unspecified atom stereocenters. The van der Waals surface area contributed by atoms with Crippen molar-refractivity contribution < 1.29 is 13.9 Å².